The fourth-order valence-corrected chi connectivity index (χ4v) is 1.52. The van der Waals surface area contributed by atoms with E-state index < -0.39 is 0 Å². The van der Waals surface area contributed by atoms with Crippen molar-refractivity contribution in [2.24, 2.45) is 0 Å². The van der Waals surface area contributed by atoms with Crippen LogP contribution in [0, 0.1) is 0 Å². The van der Waals surface area contributed by atoms with E-state index in [9.17, 15) is 4.79 Å². The molecule has 1 heterocycles. The Hall–Kier alpha value is -1.95. The first-order valence-corrected chi connectivity index (χ1v) is 5.34. The molecule has 6 nitrogen and oxygen atoms in total. The van der Waals surface area contributed by atoms with E-state index >= 15 is 0 Å². The quantitative estimate of drug-likeness (QED) is 0.866. The van der Waals surface area contributed by atoms with Crippen LogP contribution in [0.3, 0.4) is 0 Å². The lowest BCUT2D eigenvalue weighted by Gasteiger charge is -2.05. The smallest absolute Gasteiger partial charge is 0.242 e. The van der Waals surface area contributed by atoms with Crippen molar-refractivity contribution in [2.45, 2.75) is 13.1 Å². The summed E-state index contributed by atoms with van der Waals surface area (Å²) >= 11 is 5.83. The van der Waals surface area contributed by atoms with Crippen LogP contribution in [0.4, 0.5) is 0 Å². The molecule has 0 spiro atoms. The zero-order chi connectivity index (χ0) is 12.1. The van der Waals surface area contributed by atoms with Crippen LogP contribution in [0.15, 0.2) is 30.6 Å². The van der Waals surface area contributed by atoms with Crippen LogP contribution >= 0.6 is 11.6 Å². The highest BCUT2D eigenvalue weighted by Gasteiger charge is 2.03. The van der Waals surface area contributed by atoms with Crippen molar-refractivity contribution in [3.8, 4) is 0 Å². The second kappa shape index (κ2) is 5.40. The molecule has 2 aromatic rings. The molecule has 0 saturated carbocycles. The second-order valence-corrected chi connectivity index (χ2v) is 3.85. The lowest BCUT2D eigenvalue weighted by molar-refractivity contribution is -0.122. The van der Waals surface area contributed by atoms with Gasteiger partial charge in [-0.3, -0.25) is 4.79 Å². The highest BCUT2D eigenvalue weighted by Crippen LogP contribution is 2.10. The van der Waals surface area contributed by atoms with Gasteiger partial charge >= 0.3 is 0 Å². The SMILES string of the molecule is O=C(Cn1cnnn1)NCc1cccc(Cl)c1. The summed E-state index contributed by atoms with van der Waals surface area (Å²) in [6.45, 7) is 0.537. The zero-order valence-electron chi connectivity index (χ0n) is 8.88. The topological polar surface area (TPSA) is 72.7 Å². The molecular formula is C10H10ClN5O. The first-order valence-electron chi connectivity index (χ1n) is 4.96. The molecule has 1 aromatic heterocycles. The molecule has 1 amide bonds. The Morgan fingerprint density at radius 1 is 1.47 bits per heavy atom. The van der Waals surface area contributed by atoms with Crippen LogP contribution < -0.4 is 5.32 Å². The van der Waals surface area contributed by atoms with Crippen molar-refractivity contribution < 1.29 is 4.79 Å². The van der Waals surface area contributed by atoms with Crippen molar-refractivity contribution >= 4 is 17.5 Å². The number of amides is 1. The molecule has 0 bridgehead atoms. The van der Waals surface area contributed by atoms with Crippen molar-refractivity contribution in [1.29, 1.82) is 0 Å². The minimum Gasteiger partial charge on any atom is -0.350 e. The van der Waals surface area contributed by atoms with E-state index in [1.54, 1.807) is 12.1 Å². The van der Waals surface area contributed by atoms with E-state index in [-0.39, 0.29) is 12.5 Å². The van der Waals surface area contributed by atoms with E-state index in [1.165, 1.54) is 11.0 Å². The van der Waals surface area contributed by atoms with Crippen LogP contribution in [-0.2, 0) is 17.9 Å². The summed E-state index contributed by atoms with van der Waals surface area (Å²) in [6.07, 6.45) is 1.39. The Kier molecular flexibility index (Phi) is 3.66. The van der Waals surface area contributed by atoms with E-state index in [1.807, 2.05) is 12.1 Å². The summed E-state index contributed by atoms with van der Waals surface area (Å²) in [5.41, 5.74) is 0.947. The molecule has 1 N–H and O–H groups in total. The molecule has 0 aliphatic rings. The van der Waals surface area contributed by atoms with Gasteiger partial charge in [-0.2, -0.15) is 0 Å². The molecule has 0 atom stereocenters. The van der Waals surface area contributed by atoms with Crippen molar-refractivity contribution in [3.63, 3.8) is 0 Å². The van der Waals surface area contributed by atoms with Crippen LogP contribution in [0.2, 0.25) is 5.02 Å². The van der Waals surface area contributed by atoms with Gasteiger partial charge in [0.15, 0.2) is 0 Å². The lowest BCUT2D eigenvalue weighted by atomic mass is 10.2. The molecule has 2 rings (SSSR count). The number of nitrogens with zero attached hydrogens (tertiary/aromatic N) is 4. The number of rotatable bonds is 4. The third-order valence-electron chi connectivity index (χ3n) is 2.08. The highest BCUT2D eigenvalue weighted by atomic mass is 35.5. The first kappa shape index (κ1) is 11.5. The molecular weight excluding hydrogens is 242 g/mol. The van der Waals surface area contributed by atoms with E-state index in [2.05, 4.69) is 20.8 Å². The molecule has 0 unspecified atom stereocenters. The summed E-state index contributed by atoms with van der Waals surface area (Å²) in [7, 11) is 0. The minimum atomic E-state index is -0.155. The number of tetrazole rings is 1. The van der Waals surface area contributed by atoms with Gasteiger partial charge in [-0.1, -0.05) is 23.7 Å². The fraction of sp³-hybridized carbons (Fsp3) is 0.200. The van der Waals surface area contributed by atoms with Crippen LogP contribution in [0.1, 0.15) is 5.56 Å². The molecule has 17 heavy (non-hydrogen) atoms. The van der Waals surface area contributed by atoms with Crippen molar-refractivity contribution in [2.75, 3.05) is 0 Å². The van der Waals surface area contributed by atoms with Gasteiger partial charge in [-0.25, -0.2) is 4.68 Å². The van der Waals surface area contributed by atoms with Gasteiger partial charge < -0.3 is 5.32 Å². The standard InChI is InChI=1S/C10H10ClN5O/c11-9-3-1-2-8(4-9)5-12-10(17)6-16-7-13-14-15-16/h1-4,7H,5-6H2,(H,12,17). The number of aromatic nitrogens is 4. The Balaban J connectivity index is 1.84. The maximum Gasteiger partial charge on any atom is 0.242 e. The van der Waals surface area contributed by atoms with Crippen molar-refractivity contribution in [1.82, 2.24) is 25.5 Å². The van der Waals surface area contributed by atoms with Gasteiger partial charge in [0.2, 0.25) is 5.91 Å². The van der Waals surface area contributed by atoms with E-state index in [4.69, 9.17) is 11.6 Å². The van der Waals surface area contributed by atoms with Crippen LogP contribution in [0.25, 0.3) is 0 Å². The predicted molar refractivity (Wildman–Crippen MR) is 61.1 cm³/mol. The number of carbonyl (C=O) groups excluding carboxylic acids is 1. The number of hydrogen-bond acceptors (Lipinski definition) is 4. The van der Waals surface area contributed by atoms with Crippen molar-refractivity contribution in [3.05, 3.63) is 41.2 Å². The minimum absolute atomic E-state index is 0.105. The number of halogens is 1. The maximum absolute atomic E-state index is 11.5. The van der Waals surface area contributed by atoms with Gasteiger partial charge in [0.25, 0.3) is 0 Å². The predicted octanol–water partition coefficient (Wildman–Crippen LogP) is 0.643. The molecule has 0 saturated heterocycles. The Labute approximate surface area is 103 Å². The summed E-state index contributed by atoms with van der Waals surface area (Å²) in [6, 6.07) is 7.32. The number of nitrogens with one attached hydrogen (secondary N) is 1. The number of hydrogen-bond donors (Lipinski definition) is 1. The Bertz CT molecular complexity index is 499. The Morgan fingerprint density at radius 3 is 3.06 bits per heavy atom. The molecule has 0 aliphatic carbocycles. The average molecular weight is 252 g/mol. The van der Waals surface area contributed by atoms with Crippen LogP contribution in [-0.4, -0.2) is 26.1 Å². The summed E-state index contributed by atoms with van der Waals surface area (Å²) < 4.78 is 1.35. The van der Waals surface area contributed by atoms with Gasteiger partial charge in [-0.15, -0.1) is 5.10 Å². The van der Waals surface area contributed by atoms with Gasteiger partial charge in [0.05, 0.1) is 0 Å². The summed E-state index contributed by atoms with van der Waals surface area (Å²) in [5.74, 6) is -0.155. The number of carbonyl (C=O) groups is 1. The first-order chi connectivity index (χ1) is 8.24. The summed E-state index contributed by atoms with van der Waals surface area (Å²) in [5, 5.41) is 13.9. The summed E-state index contributed by atoms with van der Waals surface area (Å²) in [4.78, 5) is 11.5. The highest BCUT2D eigenvalue weighted by molar-refractivity contribution is 6.30. The number of benzene rings is 1. The normalized spacial score (nSPS) is 10.2. The second-order valence-electron chi connectivity index (χ2n) is 3.41. The molecule has 0 fully saturated rings. The zero-order valence-corrected chi connectivity index (χ0v) is 9.63. The van der Waals surface area contributed by atoms with E-state index in [0.29, 0.717) is 11.6 Å². The van der Waals surface area contributed by atoms with E-state index in [0.717, 1.165) is 5.56 Å². The molecule has 0 radical (unpaired) electrons. The van der Waals surface area contributed by atoms with Gasteiger partial charge in [0, 0.05) is 11.6 Å². The fourth-order valence-electron chi connectivity index (χ4n) is 1.30. The third kappa shape index (κ3) is 3.53. The monoisotopic (exact) mass is 251 g/mol. The van der Waals surface area contributed by atoms with Crippen LogP contribution in [0.5, 0.6) is 0 Å². The maximum atomic E-state index is 11.5. The van der Waals surface area contributed by atoms with Gasteiger partial charge in [-0.05, 0) is 28.1 Å². The lowest BCUT2D eigenvalue weighted by Crippen LogP contribution is -2.27. The molecule has 88 valence electrons. The molecule has 1 aromatic carbocycles. The average Bonchev–Trinajstić information content (AvgIpc) is 2.79. The molecule has 0 aliphatic heterocycles. The van der Waals surface area contributed by atoms with Gasteiger partial charge in [0.1, 0.15) is 12.9 Å². The largest absolute Gasteiger partial charge is 0.350 e. The Morgan fingerprint density at radius 2 is 2.35 bits per heavy atom. The molecule has 7 heteroatoms. The third-order valence-corrected chi connectivity index (χ3v) is 2.31.